The van der Waals surface area contributed by atoms with Crippen LogP contribution in [0.15, 0.2) is 16.6 Å². The molecule has 7 nitrogen and oxygen atoms in total. The third-order valence-electron chi connectivity index (χ3n) is 5.32. The molecular weight excluding hydrogens is 428 g/mol. The normalized spacial score (nSPS) is 20.0. The van der Waals surface area contributed by atoms with Gasteiger partial charge in [-0.1, -0.05) is 13.8 Å². The Morgan fingerprint density at radius 1 is 1.18 bits per heavy atom. The van der Waals surface area contributed by atoms with Crippen LogP contribution in [0.2, 0.25) is 0 Å². The number of amides is 2. The van der Waals surface area contributed by atoms with Crippen LogP contribution in [-0.2, 0) is 4.74 Å². The van der Waals surface area contributed by atoms with Gasteiger partial charge < -0.3 is 24.0 Å². The number of hydrogen-bond donors (Lipinski definition) is 0. The summed E-state index contributed by atoms with van der Waals surface area (Å²) >= 11 is 3.46. The van der Waals surface area contributed by atoms with Crippen molar-refractivity contribution in [1.82, 2.24) is 9.80 Å². The monoisotopic (exact) mass is 454 g/mol. The van der Waals surface area contributed by atoms with Gasteiger partial charge in [0, 0.05) is 35.6 Å². The van der Waals surface area contributed by atoms with Gasteiger partial charge >= 0.3 is 6.09 Å². The number of halogens is 1. The molecule has 2 fully saturated rings. The first-order chi connectivity index (χ1) is 13.3. The molecule has 1 aromatic carbocycles. The highest BCUT2D eigenvalue weighted by Crippen LogP contribution is 2.34. The largest absolute Gasteiger partial charge is 0.493 e. The van der Waals surface area contributed by atoms with E-state index in [0.717, 1.165) is 12.8 Å². The van der Waals surface area contributed by atoms with E-state index in [0.29, 0.717) is 47.8 Å². The van der Waals surface area contributed by atoms with E-state index >= 15 is 0 Å². The third kappa shape index (κ3) is 4.21. The highest BCUT2D eigenvalue weighted by molar-refractivity contribution is 9.10. The second-order valence-corrected chi connectivity index (χ2v) is 8.91. The van der Waals surface area contributed by atoms with E-state index in [1.165, 1.54) is 0 Å². The molecule has 0 unspecified atom stereocenters. The van der Waals surface area contributed by atoms with Gasteiger partial charge in [-0.05, 0) is 40.9 Å². The number of ether oxygens (including phenoxy) is 3. The van der Waals surface area contributed by atoms with Crippen LogP contribution in [0.5, 0.6) is 11.5 Å². The average Bonchev–Trinajstić information content (AvgIpc) is 2.69. The highest BCUT2D eigenvalue weighted by Gasteiger charge is 2.38. The summed E-state index contributed by atoms with van der Waals surface area (Å²) in [6.45, 7) is 6.51. The van der Waals surface area contributed by atoms with Gasteiger partial charge in [0.1, 0.15) is 0 Å². The summed E-state index contributed by atoms with van der Waals surface area (Å²) in [5, 5.41) is 0. The van der Waals surface area contributed by atoms with Crippen molar-refractivity contribution in [1.29, 1.82) is 0 Å². The predicted octanol–water partition coefficient (Wildman–Crippen LogP) is 3.55. The molecule has 0 N–H and O–H groups in total. The fourth-order valence-corrected chi connectivity index (χ4v) is 4.25. The number of methoxy groups -OCH3 is 2. The van der Waals surface area contributed by atoms with Crippen molar-refractivity contribution < 1.29 is 23.8 Å². The van der Waals surface area contributed by atoms with Gasteiger partial charge in [0.2, 0.25) is 0 Å². The summed E-state index contributed by atoms with van der Waals surface area (Å²) in [5.74, 6) is 1.02. The Morgan fingerprint density at radius 2 is 1.79 bits per heavy atom. The number of cyclic esters (lactones) is 1. The lowest BCUT2D eigenvalue weighted by Gasteiger charge is -2.44. The molecule has 2 aliphatic heterocycles. The lowest BCUT2D eigenvalue weighted by atomic mass is 9.91. The molecule has 2 saturated heterocycles. The number of hydrogen-bond acceptors (Lipinski definition) is 5. The van der Waals surface area contributed by atoms with Crippen LogP contribution in [-0.4, -0.2) is 68.3 Å². The third-order valence-corrected chi connectivity index (χ3v) is 5.97. The summed E-state index contributed by atoms with van der Waals surface area (Å²) < 4.78 is 16.6. The maximum Gasteiger partial charge on any atom is 0.410 e. The van der Waals surface area contributed by atoms with Crippen LogP contribution in [0.3, 0.4) is 0 Å². The predicted molar refractivity (Wildman–Crippen MR) is 108 cm³/mol. The molecule has 154 valence electrons. The van der Waals surface area contributed by atoms with Gasteiger partial charge in [-0.25, -0.2) is 4.79 Å². The maximum absolute atomic E-state index is 13.0. The van der Waals surface area contributed by atoms with E-state index in [2.05, 4.69) is 29.8 Å². The Hall–Kier alpha value is -1.96. The first-order valence-electron chi connectivity index (χ1n) is 9.40. The molecule has 3 rings (SSSR count). The minimum atomic E-state index is -0.244. The lowest BCUT2D eigenvalue weighted by Crippen LogP contribution is -2.55. The Kier molecular flexibility index (Phi) is 6.07. The van der Waals surface area contributed by atoms with Crippen molar-refractivity contribution >= 4 is 27.9 Å². The quantitative estimate of drug-likeness (QED) is 0.695. The van der Waals surface area contributed by atoms with Crippen molar-refractivity contribution in [3.05, 3.63) is 22.2 Å². The van der Waals surface area contributed by atoms with Crippen molar-refractivity contribution in [2.24, 2.45) is 5.41 Å². The number of piperidine rings is 1. The summed E-state index contributed by atoms with van der Waals surface area (Å²) in [6, 6.07) is 3.54. The highest BCUT2D eigenvalue weighted by atomic mass is 79.9. The molecule has 1 aromatic rings. The number of carbonyl (C=O) groups is 2. The number of likely N-dealkylation sites (tertiary alicyclic amines) is 1. The molecule has 0 radical (unpaired) electrons. The van der Waals surface area contributed by atoms with Crippen LogP contribution in [0.25, 0.3) is 0 Å². The molecular formula is C20H27BrN2O5. The topological polar surface area (TPSA) is 68.3 Å². The molecule has 0 aliphatic carbocycles. The molecule has 0 bridgehead atoms. The van der Waals surface area contributed by atoms with E-state index in [4.69, 9.17) is 14.2 Å². The minimum Gasteiger partial charge on any atom is -0.493 e. The van der Waals surface area contributed by atoms with Crippen LogP contribution in [0, 0.1) is 5.41 Å². The van der Waals surface area contributed by atoms with Crippen molar-refractivity contribution in [2.45, 2.75) is 32.7 Å². The summed E-state index contributed by atoms with van der Waals surface area (Å²) in [5.41, 5.74) is 0.486. The first-order valence-corrected chi connectivity index (χ1v) is 10.2. The zero-order valence-corrected chi connectivity index (χ0v) is 18.4. The average molecular weight is 455 g/mol. The molecule has 0 aromatic heterocycles. The second-order valence-electron chi connectivity index (χ2n) is 8.06. The number of nitrogens with zero attached hydrogens (tertiary/aromatic N) is 2. The van der Waals surface area contributed by atoms with E-state index < -0.39 is 0 Å². The molecule has 8 heteroatoms. The maximum atomic E-state index is 13.0. The van der Waals surface area contributed by atoms with E-state index in [9.17, 15) is 9.59 Å². The van der Waals surface area contributed by atoms with Crippen LogP contribution in [0.4, 0.5) is 4.79 Å². The number of carbonyl (C=O) groups excluding carboxylic acids is 2. The molecule has 0 spiro atoms. The molecule has 28 heavy (non-hydrogen) atoms. The smallest absolute Gasteiger partial charge is 0.410 e. The molecule has 2 aliphatic rings. The molecule has 2 heterocycles. The van der Waals surface area contributed by atoms with Crippen LogP contribution < -0.4 is 9.47 Å². The fraction of sp³-hybridized carbons (Fsp3) is 0.600. The van der Waals surface area contributed by atoms with Crippen LogP contribution in [0.1, 0.15) is 37.0 Å². The minimum absolute atomic E-state index is 0.0502. The fourth-order valence-electron chi connectivity index (χ4n) is 3.76. The summed E-state index contributed by atoms with van der Waals surface area (Å²) in [6.07, 6.45) is 1.23. The van der Waals surface area contributed by atoms with Gasteiger partial charge in [-0.2, -0.15) is 0 Å². The standard InChI is InChI=1S/C20H27BrN2O5/c1-20(2)11-23(19(25)28-12-20)13-5-7-22(8-6-13)18(24)14-9-16(26-3)17(27-4)10-15(14)21/h9-10,13H,5-8,11-12H2,1-4H3. The van der Waals surface area contributed by atoms with Crippen molar-refractivity contribution in [2.75, 3.05) is 40.5 Å². The van der Waals surface area contributed by atoms with Crippen molar-refractivity contribution in [3.8, 4) is 11.5 Å². The van der Waals surface area contributed by atoms with Gasteiger partial charge in [0.05, 0.1) is 26.4 Å². The zero-order valence-electron chi connectivity index (χ0n) is 16.8. The van der Waals surface area contributed by atoms with Gasteiger partial charge in [-0.15, -0.1) is 0 Å². The van der Waals surface area contributed by atoms with E-state index in [1.54, 1.807) is 26.4 Å². The summed E-state index contributed by atoms with van der Waals surface area (Å²) in [7, 11) is 3.11. The van der Waals surface area contributed by atoms with E-state index in [-0.39, 0.29) is 23.5 Å². The first kappa shape index (κ1) is 20.8. The lowest BCUT2D eigenvalue weighted by molar-refractivity contribution is -0.0153. The second kappa shape index (κ2) is 8.19. The van der Waals surface area contributed by atoms with E-state index in [1.807, 2.05) is 9.80 Å². The molecule has 0 saturated carbocycles. The Bertz CT molecular complexity index is 759. The van der Waals surface area contributed by atoms with Gasteiger partial charge in [0.15, 0.2) is 11.5 Å². The van der Waals surface area contributed by atoms with Gasteiger partial charge in [-0.3, -0.25) is 4.79 Å². The molecule has 0 atom stereocenters. The number of benzene rings is 1. The van der Waals surface area contributed by atoms with Crippen molar-refractivity contribution in [3.63, 3.8) is 0 Å². The zero-order chi connectivity index (χ0) is 20.5. The Balaban J connectivity index is 1.68. The summed E-state index contributed by atoms with van der Waals surface area (Å²) in [4.78, 5) is 28.9. The number of rotatable bonds is 4. The molecule has 2 amide bonds. The Labute approximate surface area is 174 Å². The SMILES string of the molecule is COc1cc(Br)c(C(=O)N2CCC(N3CC(C)(C)COC3=O)CC2)cc1OC. The van der Waals surface area contributed by atoms with Gasteiger partial charge in [0.25, 0.3) is 5.91 Å². The Morgan fingerprint density at radius 3 is 2.39 bits per heavy atom. The van der Waals surface area contributed by atoms with Crippen LogP contribution >= 0.6 is 15.9 Å².